The van der Waals surface area contributed by atoms with Crippen LogP contribution < -0.4 is 15.4 Å². The number of hydrogen-bond donors (Lipinski definition) is 2. The summed E-state index contributed by atoms with van der Waals surface area (Å²) in [5.41, 5.74) is 5.52. The summed E-state index contributed by atoms with van der Waals surface area (Å²) in [7, 11) is 1.65. The maximum Gasteiger partial charge on any atom is 0.319 e. The van der Waals surface area contributed by atoms with E-state index >= 15 is 0 Å². The van der Waals surface area contributed by atoms with Crippen molar-refractivity contribution >= 4 is 22.9 Å². The number of nitrogens with zero attached hydrogens (tertiary/aromatic N) is 2. The molecule has 1 unspecified atom stereocenters. The number of pyridine rings is 1. The topological polar surface area (TPSA) is 76.1 Å². The van der Waals surface area contributed by atoms with Crippen molar-refractivity contribution < 1.29 is 9.53 Å². The van der Waals surface area contributed by atoms with Gasteiger partial charge in [-0.05, 0) is 49.7 Å². The first kappa shape index (κ1) is 18.2. The monoisotopic (exact) mass is 392 g/mol. The van der Waals surface area contributed by atoms with Gasteiger partial charge in [-0.25, -0.2) is 9.78 Å². The van der Waals surface area contributed by atoms with Crippen LogP contribution in [0.2, 0.25) is 0 Å². The Kier molecular flexibility index (Phi) is 4.83. The van der Waals surface area contributed by atoms with Crippen LogP contribution in [0.1, 0.15) is 29.2 Å². The molecule has 0 fully saturated rings. The number of allylic oxidation sites excluding steroid dienone is 1. The first-order chi connectivity index (χ1) is 13.5. The maximum atomic E-state index is 12.1. The van der Waals surface area contributed by atoms with E-state index in [0.717, 1.165) is 44.5 Å². The Bertz CT molecular complexity index is 1040. The fraction of sp³-hybridized carbons (Fsp3) is 0.190. The summed E-state index contributed by atoms with van der Waals surface area (Å²) in [6, 6.07) is 11.2. The Balaban J connectivity index is 1.72. The minimum atomic E-state index is -0.295. The zero-order valence-corrected chi connectivity index (χ0v) is 16.6. The van der Waals surface area contributed by atoms with Crippen LogP contribution in [0.15, 0.2) is 53.7 Å². The van der Waals surface area contributed by atoms with E-state index in [4.69, 9.17) is 9.72 Å². The molecule has 28 heavy (non-hydrogen) atoms. The van der Waals surface area contributed by atoms with Gasteiger partial charge in [-0.15, -0.1) is 11.3 Å². The largest absolute Gasteiger partial charge is 0.497 e. The van der Waals surface area contributed by atoms with Gasteiger partial charge in [-0.2, -0.15) is 0 Å². The molecule has 2 aromatic heterocycles. The van der Waals surface area contributed by atoms with Crippen LogP contribution in [0, 0.1) is 6.92 Å². The van der Waals surface area contributed by atoms with Crippen LogP contribution in [0.5, 0.6) is 5.75 Å². The smallest absolute Gasteiger partial charge is 0.319 e. The number of rotatable bonds is 4. The molecule has 7 heteroatoms. The lowest BCUT2D eigenvalue weighted by Gasteiger charge is -2.28. The zero-order chi connectivity index (χ0) is 19.7. The molecule has 0 saturated heterocycles. The number of hydrogen-bond acceptors (Lipinski definition) is 5. The summed E-state index contributed by atoms with van der Waals surface area (Å²) < 4.78 is 5.22. The quantitative estimate of drug-likeness (QED) is 0.694. The highest BCUT2D eigenvalue weighted by atomic mass is 32.1. The number of carbonyl (C=O) groups is 1. The van der Waals surface area contributed by atoms with Crippen molar-refractivity contribution in [2.75, 3.05) is 7.11 Å². The summed E-state index contributed by atoms with van der Waals surface area (Å²) in [5.74, 6) is 0.809. The molecule has 1 aliphatic rings. The van der Waals surface area contributed by atoms with Crippen LogP contribution in [0.3, 0.4) is 0 Å². The van der Waals surface area contributed by atoms with Gasteiger partial charge in [0.15, 0.2) is 0 Å². The Morgan fingerprint density at radius 3 is 2.57 bits per heavy atom. The van der Waals surface area contributed by atoms with Gasteiger partial charge < -0.3 is 15.4 Å². The number of aromatic nitrogens is 2. The number of nitrogens with one attached hydrogen (secondary N) is 2. The number of aryl methyl sites for hydroxylation is 1. The van der Waals surface area contributed by atoms with Gasteiger partial charge in [0.2, 0.25) is 0 Å². The van der Waals surface area contributed by atoms with Gasteiger partial charge in [0.05, 0.1) is 18.8 Å². The lowest BCUT2D eigenvalue weighted by molar-refractivity contribution is 0.240. The van der Waals surface area contributed by atoms with E-state index in [9.17, 15) is 4.79 Å². The molecule has 142 valence electrons. The molecular formula is C21H20N4O2S. The summed E-state index contributed by atoms with van der Waals surface area (Å²) in [6.45, 7) is 3.84. The molecule has 6 nitrogen and oxygen atoms in total. The summed E-state index contributed by atoms with van der Waals surface area (Å²) >= 11 is 1.56. The second-order valence-electron chi connectivity index (χ2n) is 6.57. The van der Waals surface area contributed by atoms with E-state index in [1.54, 1.807) is 24.6 Å². The highest BCUT2D eigenvalue weighted by Gasteiger charge is 2.29. The predicted molar refractivity (Wildman–Crippen MR) is 110 cm³/mol. The predicted octanol–water partition coefficient (Wildman–Crippen LogP) is 4.31. The number of ether oxygens (including phenoxy) is 1. The van der Waals surface area contributed by atoms with E-state index in [0.29, 0.717) is 0 Å². The second-order valence-corrected chi connectivity index (χ2v) is 7.43. The number of amides is 2. The third-order valence-corrected chi connectivity index (χ3v) is 5.53. The Morgan fingerprint density at radius 2 is 1.89 bits per heavy atom. The van der Waals surface area contributed by atoms with Gasteiger partial charge in [0.1, 0.15) is 10.8 Å². The first-order valence-corrected chi connectivity index (χ1v) is 9.74. The molecular weight excluding hydrogens is 372 g/mol. The van der Waals surface area contributed by atoms with Gasteiger partial charge >= 0.3 is 6.03 Å². The van der Waals surface area contributed by atoms with Crippen LogP contribution in [0.4, 0.5) is 4.79 Å². The van der Waals surface area contributed by atoms with Gasteiger partial charge in [0, 0.05) is 34.1 Å². The number of benzene rings is 1. The highest BCUT2D eigenvalue weighted by molar-refractivity contribution is 7.11. The third kappa shape index (κ3) is 3.48. The molecule has 1 aliphatic heterocycles. The van der Waals surface area contributed by atoms with Crippen molar-refractivity contribution in [3.05, 3.63) is 69.9 Å². The molecule has 0 spiro atoms. The lowest BCUT2D eigenvalue weighted by Crippen LogP contribution is -2.42. The Morgan fingerprint density at radius 1 is 1.11 bits per heavy atom. The lowest BCUT2D eigenvalue weighted by atomic mass is 9.97. The fourth-order valence-corrected chi connectivity index (χ4v) is 4.13. The van der Waals surface area contributed by atoms with Crippen molar-refractivity contribution in [2.45, 2.75) is 19.9 Å². The molecule has 1 atom stereocenters. The molecule has 0 bridgehead atoms. The molecule has 0 aliphatic carbocycles. The van der Waals surface area contributed by atoms with Crippen LogP contribution in [0.25, 0.3) is 16.8 Å². The van der Waals surface area contributed by atoms with Crippen molar-refractivity contribution in [1.82, 2.24) is 20.6 Å². The van der Waals surface area contributed by atoms with Crippen molar-refractivity contribution in [3.8, 4) is 17.0 Å². The summed E-state index contributed by atoms with van der Waals surface area (Å²) in [5, 5.41) is 8.75. The standard InChI is InChI=1S/C21H20N4O2S/c1-12-4-5-15(10-22-12)19-18(13(2)23-21(26)25-19)20-24-17(11-28-20)14-6-8-16(27-3)9-7-14/h4-11,19H,1-3H3,(H2,23,25,26). The molecule has 3 heterocycles. The number of thiazole rings is 1. The fourth-order valence-electron chi connectivity index (χ4n) is 3.17. The van der Waals surface area contributed by atoms with E-state index in [1.807, 2.05) is 55.6 Å². The van der Waals surface area contributed by atoms with E-state index in [-0.39, 0.29) is 12.1 Å². The van der Waals surface area contributed by atoms with E-state index in [2.05, 4.69) is 15.6 Å². The minimum Gasteiger partial charge on any atom is -0.497 e. The van der Waals surface area contributed by atoms with Crippen molar-refractivity contribution in [3.63, 3.8) is 0 Å². The summed E-state index contributed by atoms with van der Waals surface area (Å²) in [6.07, 6.45) is 1.80. The molecule has 2 amide bonds. The number of carbonyl (C=O) groups excluding carboxylic acids is 1. The average Bonchev–Trinajstić information content (AvgIpc) is 3.17. The van der Waals surface area contributed by atoms with Crippen molar-refractivity contribution in [1.29, 1.82) is 0 Å². The molecule has 3 aromatic rings. The van der Waals surface area contributed by atoms with Gasteiger partial charge in [0.25, 0.3) is 0 Å². The number of methoxy groups -OCH3 is 1. The molecule has 0 saturated carbocycles. The molecule has 1 aromatic carbocycles. The molecule has 4 rings (SSSR count). The van der Waals surface area contributed by atoms with E-state index < -0.39 is 0 Å². The minimum absolute atomic E-state index is 0.223. The number of urea groups is 1. The van der Waals surface area contributed by atoms with Crippen LogP contribution in [-0.2, 0) is 0 Å². The Hall–Kier alpha value is -3.19. The third-order valence-electron chi connectivity index (χ3n) is 4.66. The average molecular weight is 392 g/mol. The highest BCUT2D eigenvalue weighted by Crippen LogP contribution is 2.37. The van der Waals surface area contributed by atoms with Gasteiger partial charge in [-0.1, -0.05) is 6.07 Å². The van der Waals surface area contributed by atoms with Crippen LogP contribution in [-0.4, -0.2) is 23.1 Å². The summed E-state index contributed by atoms with van der Waals surface area (Å²) in [4.78, 5) is 21.3. The second kappa shape index (κ2) is 7.44. The van der Waals surface area contributed by atoms with E-state index in [1.165, 1.54) is 0 Å². The molecule has 0 radical (unpaired) electrons. The van der Waals surface area contributed by atoms with Crippen molar-refractivity contribution in [2.24, 2.45) is 0 Å². The molecule has 2 N–H and O–H groups in total. The zero-order valence-electron chi connectivity index (χ0n) is 15.8. The normalized spacial score (nSPS) is 16.5. The van der Waals surface area contributed by atoms with Crippen LogP contribution >= 0.6 is 11.3 Å². The maximum absolute atomic E-state index is 12.1. The first-order valence-electron chi connectivity index (χ1n) is 8.86. The SMILES string of the molecule is COc1ccc(-c2csc(C3=C(C)NC(=O)NC3c3ccc(C)nc3)n2)cc1. The van der Waals surface area contributed by atoms with Gasteiger partial charge in [-0.3, -0.25) is 4.98 Å². The Labute approximate surface area is 167 Å².